The number of likely N-dealkylation sites (tertiary alicyclic amines) is 1. The molecule has 19 heavy (non-hydrogen) atoms. The Kier molecular flexibility index (Phi) is 3.84. The third kappa shape index (κ3) is 2.81. The van der Waals surface area contributed by atoms with Crippen molar-refractivity contribution in [1.29, 1.82) is 0 Å². The second kappa shape index (κ2) is 5.43. The summed E-state index contributed by atoms with van der Waals surface area (Å²) in [5.41, 5.74) is -0.692. The SMILES string of the molecule is O=C(CC1(O)CCCCC1)N1CCCC1C1CCC1. The van der Waals surface area contributed by atoms with Gasteiger partial charge >= 0.3 is 0 Å². The first kappa shape index (κ1) is 13.4. The summed E-state index contributed by atoms with van der Waals surface area (Å²) in [6, 6.07) is 0.494. The molecule has 108 valence electrons. The van der Waals surface area contributed by atoms with Gasteiger partial charge < -0.3 is 10.0 Å². The van der Waals surface area contributed by atoms with Crippen molar-refractivity contribution in [1.82, 2.24) is 4.90 Å². The molecule has 1 heterocycles. The number of hydrogen-bond donors (Lipinski definition) is 1. The number of hydrogen-bond acceptors (Lipinski definition) is 2. The van der Waals surface area contributed by atoms with Crippen LogP contribution >= 0.6 is 0 Å². The average molecular weight is 265 g/mol. The minimum absolute atomic E-state index is 0.221. The standard InChI is InChI=1S/C16H27NO2/c18-15(12-16(19)9-2-1-3-10-16)17-11-5-8-14(17)13-6-4-7-13/h13-14,19H,1-12H2. The van der Waals surface area contributed by atoms with Gasteiger partial charge in [0.15, 0.2) is 0 Å². The van der Waals surface area contributed by atoms with Gasteiger partial charge in [0, 0.05) is 12.6 Å². The summed E-state index contributed by atoms with van der Waals surface area (Å²) in [4.78, 5) is 14.6. The first-order chi connectivity index (χ1) is 9.18. The summed E-state index contributed by atoms with van der Waals surface area (Å²) in [6.07, 6.45) is 11.7. The van der Waals surface area contributed by atoms with Crippen LogP contribution in [0.1, 0.15) is 70.6 Å². The highest BCUT2D eigenvalue weighted by molar-refractivity contribution is 5.78. The Balaban J connectivity index is 1.59. The van der Waals surface area contributed by atoms with E-state index in [0.717, 1.165) is 44.6 Å². The van der Waals surface area contributed by atoms with Gasteiger partial charge in [0.05, 0.1) is 12.0 Å². The average Bonchev–Trinajstić information content (AvgIpc) is 2.76. The summed E-state index contributed by atoms with van der Waals surface area (Å²) in [7, 11) is 0. The van der Waals surface area contributed by atoms with Crippen molar-refractivity contribution in [2.45, 2.75) is 82.3 Å². The van der Waals surface area contributed by atoms with E-state index in [1.54, 1.807) is 0 Å². The molecule has 1 N–H and O–H groups in total. The maximum absolute atomic E-state index is 12.5. The zero-order chi connectivity index (χ0) is 13.3. The van der Waals surface area contributed by atoms with Crippen LogP contribution in [0.3, 0.4) is 0 Å². The minimum Gasteiger partial charge on any atom is -0.389 e. The summed E-state index contributed by atoms with van der Waals surface area (Å²) in [6.45, 7) is 0.927. The van der Waals surface area contributed by atoms with Crippen molar-refractivity contribution < 1.29 is 9.90 Å². The maximum Gasteiger partial charge on any atom is 0.225 e. The Hall–Kier alpha value is -0.570. The molecule has 2 saturated carbocycles. The number of amides is 1. The summed E-state index contributed by atoms with van der Waals surface area (Å²) in [5, 5.41) is 10.6. The van der Waals surface area contributed by atoms with Crippen LogP contribution < -0.4 is 0 Å². The lowest BCUT2D eigenvalue weighted by Crippen LogP contribution is -2.46. The number of nitrogens with zero attached hydrogens (tertiary/aromatic N) is 1. The van der Waals surface area contributed by atoms with Gasteiger partial charge in [0.1, 0.15) is 0 Å². The van der Waals surface area contributed by atoms with E-state index in [1.807, 2.05) is 0 Å². The van der Waals surface area contributed by atoms with Crippen LogP contribution in [0.25, 0.3) is 0 Å². The van der Waals surface area contributed by atoms with Crippen LogP contribution in [0, 0.1) is 5.92 Å². The smallest absolute Gasteiger partial charge is 0.225 e. The molecule has 3 rings (SSSR count). The minimum atomic E-state index is -0.692. The molecule has 0 aromatic heterocycles. The molecule has 2 aliphatic carbocycles. The Labute approximate surface area is 116 Å². The van der Waals surface area contributed by atoms with Crippen LogP contribution in [0.2, 0.25) is 0 Å². The molecule has 3 fully saturated rings. The highest BCUT2D eigenvalue weighted by atomic mass is 16.3. The Morgan fingerprint density at radius 3 is 2.42 bits per heavy atom. The quantitative estimate of drug-likeness (QED) is 0.852. The zero-order valence-electron chi connectivity index (χ0n) is 11.9. The molecule has 3 nitrogen and oxygen atoms in total. The third-order valence-corrected chi connectivity index (χ3v) is 5.58. The van der Waals surface area contributed by atoms with E-state index >= 15 is 0 Å². The van der Waals surface area contributed by atoms with Gasteiger partial charge in [0.2, 0.25) is 5.91 Å². The van der Waals surface area contributed by atoms with E-state index in [0.29, 0.717) is 12.5 Å². The summed E-state index contributed by atoms with van der Waals surface area (Å²) in [5.74, 6) is 0.978. The predicted molar refractivity (Wildman–Crippen MR) is 74.7 cm³/mol. The highest BCUT2D eigenvalue weighted by Gasteiger charge is 2.40. The Bertz CT molecular complexity index is 332. The van der Waals surface area contributed by atoms with Crippen LogP contribution in [0.5, 0.6) is 0 Å². The van der Waals surface area contributed by atoms with Crippen molar-refractivity contribution in [3.05, 3.63) is 0 Å². The zero-order valence-corrected chi connectivity index (χ0v) is 11.9. The number of aliphatic hydroxyl groups is 1. The molecule has 1 unspecified atom stereocenters. The number of rotatable bonds is 3. The normalized spacial score (nSPS) is 31.2. The number of carbonyl (C=O) groups excluding carboxylic acids is 1. The summed E-state index contributed by atoms with van der Waals surface area (Å²) >= 11 is 0. The largest absolute Gasteiger partial charge is 0.389 e. The molecular formula is C16H27NO2. The van der Waals surface area contributed by atoms with Crippen molar-refractivity contribution >= 4 is 5.91 Å². The molecule has 0 bridgehead atoms. The van der Waals surface area contributed by atoms with E-state index in [9.17, 15) is 9.90 Å². The van der Waals surface area contributed by atoms with Gasteiger partial charge in [0.25, 0.3) is 0 Å². The lowest BCUT2D eigenvalue weighted by atomic mass is 9.78. The van der Waals surface area contributed by atoms with E-state index in [2.05, 4.69) is 4.90 Å². The summed E-state index contributed by atoms with van der Waals surface area (Å²) < 4.78 is 0. The van der Waals surface area contributed by atoms with Crippen molar-refractivity contribution in [2.24, 2.45) is 5.92 Å². The first-order valence-electron chi connectivity index (χ1n) is 8.20. The van der Waals surface area contributed by atoms with Crippen molar-refractivity contribution in [2.75, 3.05) is 6.54 Å². The number of carbonyl (C=O) groups is 1. The van der Waals surface area contributed by atoms with Gasteiger partial charge in [-0.15, -0.1) is 0 Å². The molecule has 0 spiro atoms. The third-order valence-electron chi connectivity index (χ3n) is 5.58. The molecule has 0 aromatic carbocycles. The van der Waals surface area contributed by atoms with E-state index in [4.69, 9.17) is 0 Å². The monoisotopic (exact) mass is 265 g/mol. The fourth-order valence-corrected chi connectivity index (χ4v) is 4.19. The second-order valence-corrected chi connectivity index (χ2v) is 6.95. The van der Waals surface area contributed by atoms with Gasteiger partial charge in [-0.3, -0.25) is 4.79 Å². The highest BCUT2D eigenvalue weighted by Crippen LogP contribution is 2.38. The van der Waals surface area contributed by atoms with Gasteiger partial charge in [-0.05, 0) is 44.4 Å². The second-order valence-electron chi connectivity index (χ2n) is 6.95. The Morgan fingerprint density at radius 1 is 1.05 bits per heavy atom. The van der Waals surface area contributed by atoms with Crippen molar-refractivity contribution in [3.8, 4) is 0 Å². The fourth-order valence-electron chi connectivity index (χ4n) is 4.19. The molecular weight excluding hydrogens is 238 g/mol. The van der Waals surface area contributed by atoms with E-state index in [-0.39, 0.29) is 5.91 Å². The van der Waals surface area contributed by atoms with Crippen LogP contribution in [-0.4, -0.2) is 34.1 Å². The molecule has 1 atom stereocenters. The Morgan fingerprint density at radius 2 is 1.79 bits per heavy atom. The predicted octanol–water partition coefficient (Wildman–Crippen LogP) is 2.86. The van der Waals surface area contributed by atoms with E-state index in [1.165, 1.54) is 32.1 Å². The van der Waals surface area contributed by atoms with E-state index < -0.39 is 5.60 Å². The van der Waals surface area contributed by atoms with Crippen LogP contribution in [0.15, 0.2) is 0 Å². The first-order valence-corrected chi connectivity index (χ1v) is 8.20. The van der Waals surface area contributed by atoms with Gasteiger partial charge in [-0.2, -0.15) is 0 Å². The fraction of sp³-hybridized carbons (Fsp3) is 0.938. The lowest BCUT2D eigenvalue weighted by Gasteiger charge is -2.39. The van der Waals surface area contributed by atoms with Gasteiger partial charge in [-0.25, -0.2) is 0 Å². The maximum atomic E-state index is 12.5. The molecule has 1 saturated heterocycles. The molecule has 3 aliphatic rings. The molecule has 1 aliphatic heterocycles. The molecule has 3 heteroatoms. The topological polar surface area (TPSA) is 40.5 Å². The van der Waals surface area contributed by atoms with Crippen LogP contribution in [0.4, 0.5) is 0 Å². The van der Waals surface area contributed by atoms with Crippen LogP contribution in [-0.2, 0) is 4.79 Å². The van der Waals surface area contributed by atoms with Gasteiger partial charge in [-0.1, -0.05) is 25.7 Å². The van der Waals surface area contributed by atoms with Crippen molar-refractivity contribution in [3.63, 3.8) is 0 Å². The lowest BCUT2D eigenvalue weighted by molar-refractivity contribution is -0.140. The molecule has 0 radical (unpaired) electrons. The molecule has 1 amide bonds. The molecule has 0 aromatic rings.